The van der Waals surface area contributed by atoms with Gasteiger partial charge in [-0.05, 0) is 12.5 Å². The molecule has 0 bridgehead atoms. The zero-order chi connectivity index (χ0) is 14.8. The van der Waals surface area contributed by atoms with E-state index in [2.05, 4.69) is 5.10 Å². The highest BCUT2D eigenvalue weighted by atomic mass is 16.5. The Morgan fingerprint density at radius 3 is 2.75 bits per heavy atom. The van der Waals surface area contributed by atoms with Gasteiger partial charge >= 0.3 is 0 Å². The number of ether oxygens (including phenoxy) is 1. The van der Waals surface area contributed by atoms with Crippen molar-refractivity contribution in [2.24, 2.45) is 7.05 Å². The van der Waals surface area contributed by atoms with Crippen LogP contribution in [0.2, 0.25) is 0 Å². The van der Waals surface area contributed by atoms with Gasteiger partial charge in [-0.25, -0.2) is 0 Å². The molecule has 2 rings (SSSR count). The van der Waals surface area contributed by atoms with Crippen molar-refractivity contribution in [3.63, 3.8) is 0 Å². The predicted molar refractivity (Wildman–Crippen MR) is 74.5 cm³/mol. The number of aryl methyl sites for hydroxylation is 2. The second-order valence-corrected chi connectivity index (χ2v) is 5.50. The second-order valence-electron chi connectivity index (χ2n) is 5.50. The van der Waals surface area contributed by atoms with Crippen LogP contribution in [0.3, 0.4) is 0 Å². The molecule has 0 spiro atoms. The zero-order valence-corrected chi connectivity index (χ0v) is 12.4. The number of amides is 1. The summed E-state index contributed by atoms with van der Waals surface area (Å²) in [6, 6.07) is 1.81. The number of carbonyl (C=O) groups excluding carboxylic acids is 1. The van der Waals surface area contributed by atoms with E-state index < -0.39 is 5.60 Å². The van der Waals surface area contributed by atoms with Crippen LogP contribution in [0.1, 0.15) is 35.9 Å². The number of rotatable bonds is 4. The molecule has 6 heteroatoms. The maximum absolute atomic E-state index is 12.4. The van der Waals surface area contributed by atoms with Crippen molar-refractivity contribution in [1.29, 1.82) is 0 Å². The second kappa shape index (κ2) is 5.93. The molecule has 1 N–H and O–H groups in total. The van der Waals surface area contributed by atoms with Gasteiger partial charge in [0.05, 0.1) is 11.3 Å². The van der Waals surface area contributed by atoms with Gasteiger partial charge in [0.2, 0.25) is 0 Å². The normalized spacial score (nSPS) is 18.0. The molecule has 1 amide bonds. The minimum atomic E-state index is -0.838. The lowest BCUT2D eigenvalue weighted by atomic mass is 9.94. The topological polar surface area (TPSA) is 67.6 Å². The smallest absolute Gasteiger partial charge is 0.271 e. The first-order valence-electron chi connectivity index (χ1n) is 7.04. The number of carbonyl (C=O) groups is 1. The van der Waals surface area contributed by atoms with E-state index in [1.165, 1.54) is 0 Å². The molecule has 1 saturated heterocycles. The summed E-state index contributed by atoms with van der Waals surface area (Å²) in [6.45, 7) is 3.42. The van der Waals surface area contributed by atoms with Crippen molar-refractivity contribution in [3.05, 3.63) is 17.5 Å². The molecule has 1 aliphatic rings. The summed E-state index contributed by atoms with van der Waals surface area (Å²) in [5.41, 5.74) is 0.614. The molecular formula is C14H23N3O3. The van der Waals surface area contributed by atoms with Crippen LogP contribution >= 0.6 is 0 Å². The van der Waals surface area contributed by atoms with E-state index in [0.29, 0.717) is 38.3 Å². The quantitative estimate of drug-likeness (QED) is 0.877. The van der Waals surface area contributed by atoms with Gasteiger partial charge in [-0.15, -0.1) is 0 Å². The predicted octanol–water partition coefficient (Wildman–Crippen LogP) is 0.596. The summed E-state index contributed by atoms with van der Waals surface area (Å²) in [7, 11) is 3.48. The average molecular weight is 281 g/mol. The molecule has 1 aromatic rings. The Hall–Kier alpha value is -1.40. The van der Waals surface area contributed by atoms with Gasteiger partial charge in [-0.1, -0.05) is 6.92 Å². The first-order valence-corrected chi connectivity index (χ1v) is 7.04. The number of hydrogen-bond donors (Lipinski definition) is 1. The van der Waals surface area contributed by atoms with Crippen molar-refractivity contribution < 1.29 is 14.6 Å². The fourth-order valence-corrected chi connectivity index (χ4v) is 2.52. The largest absolute Gasteiger partial charge is 0.388 e. The highest BCUT2D eigenvalue weighted by molar-refractivity contribution is 5.92. The molecule has 0 saturated carbocycles. The van der Waals surface area contributed by atoms with Crippen LogP contribution < -0.4 is 0 Å². The first-order chi connectivity index (χ1) is 9.45. The fourth-order valence-electron chi connectivity index (χ4n) is 2.52. The van der Waals surface area contributed by atoms with Gasteiger partial charge in [-0.3, -0.25) is 9.48 Å². The number of hydrogen-bond acceptors (Lipinski definition) is 4. The molecule has 1 aromatic heterocycles. The Morgan fingerprint density at radius 1 is 1.55 bits per heavy atom. The summed E-state index contributed by atoms with van der Waals surface area (Å²) in [6.07, 6.45) is 1.93. The summed E-state index contributed by atoms with van der Waals surface area (Å²) in [5.74, 6) is -0.111. The first kappa shape index (κ1) is 15.0. The minimum Gasteiger partial charge on any atom is -0.388 e. The van der Waals surface area contributed by atoms with Crippen molar-refractivity contribution in [3.8, 4) is 0 Å². The lowest BCUT2D eigenvalue weighted by molar-refractivity contribution is -0.0735. The van der Waals surface area contributed by atoms with Gasteiger partial charge in [0.1, 0.15) is 5.69 Å². The average Bonchev–Trinajstić information content (AvgIpc) is 2.79. The van der Waals surface area contributed by atoms with E-state index in [1.54, 1.807) is 23.7 Å². The van der Waals surface area contributed by atoms with E-state index >= 15 is 0 Å². The lowest BCUT2D eigenvalue weighted by Gasteiger charge is -2.35. The van der Waals surface area contributed by atoms with E-state index in [0.717, 1.165) is 12.1 Å². The third-order valence-corrected chi connectivity index (χ3v) is 3.81. The van der Waals surface area contributed by atoms with Crippen LogP contribution in [0, 0.1) is 0 Å². The van der Waals surface area contributed by atoms with Crippen molar-refractivity contribution in [1.82, 2.24) is 14.7 Å². The number of aliphatic hydroxyl groups is 1. The highest BCUT2D eigenvalue weighted by Crippen LogP contribution is 2.22. The third kappa shape index (κ3) is 3.19. The van der Waals surface area contributed by atoms with Crippen molar-refractivity contribution >= 4 is 5.91 Å². The molecule has 0 unspecified atom stereocenters. The zero-order valence-electron chi connectivity index (χ0n) is 12.4. The van der Waals surface area contributed by atoms with Gasteiger partial charge in [-0.2, -0.15) is 5.10 Å². The monoisotopic (exact) mass is 281 g/mol. The van der Waals surface area contributed by atoms with Crippen molar-refractivity contribution in [2.75, 3.05) is 26.8 Å². The fraction of sp³-hybridized carbons (Fsp3) is 0.714. The SMILES string of the molecule is CCc1cc(C(=O)N(C)CC2(O)CCOCC2)n(C)n1. The molecule has 0 atom stereocenters. The van der Waals surface area contributed by atoms with E-state index in [9.17, 15) is 9.90 Å². The molecule has 112 valence electrons. The minimum absolute atomic E-state index is 0.111. The van der Waals surface area contributed by atoms with E-state index in [4.69, 9.17) is 4.74 Å². The molecule has 0 aliphatic carbocycles. The van der Waals surface area contributed by atoms with Crippen LogP contribution in [0.5, 0.6) is 0 Å². The van der Waals surface area contributed by atoms with Gasteiger partial charge < -0.3 is 14.7 Å². The molecule has 0 aromatic carbocycles. The van der Waals surface area contributed by atoms with E-state index in [1.807, 2.05) is 13.0 Å². The Kier molecular flexibility index (Phi) is 4.45. The summed E-state index contributed by atoms with van der Waals surface area (Å²) in [5, 5.41) is 14.7. The standard InChI is InChI=1S/C14H23N3O3/c1-4-11-9-12(17(3)15-11)13(18)16(2)10-14(19)5-7-20-8-6-14/h9,19H,4-8,10H2,1-3H3. The lowest BCUT2D eigenvalue weighted by Crippen LogP contribution is -2.47. The Morgan fingerprint density at radius 2 is 2.20 bits per heavy atom. The Bertz CT molecular complexity index is 478. The molecule has 0 radical (unpaired) electrons. The number of aromatic nitrogens is 2. The van der Waals surface area contributed by atoms with Gasteiger partial charge in [0.15, 0.2) is 0 Å². The molecule has 1 aliphatic heterocycles. The molecule has 2 heterocycles. The summed E-state index contributed by atoms with van der Waals surface area (Å²) < 4.78 is 6.85. The van der Waals surface area contributed by atoms with Gasteiger partial charge in [0, 0.05) is 46.7 Å². The molecule has 1 fully saturated rings. The number of likely N-dealkylation sites (N-methyl/N-ethyl adjacent to an activating group) is 1. The Balaban J connectivity index is 2.06. The van der Waals surface area contributed by atoms with Crippen LogP contribution in [-0.4, -0.2) is 58.1 Å². The molecule has 20 heavy (non-hydrogen) atoms. The molecular weight excluding hydrogens is 258 g/mol. The third-order valence-electron chi connectivity index (χ3n) is 3.81. The summed E-state index contributed by atoms with van der Waals surface area (Å²) in [4.78, 5) is 14.0. The number of nitrogens with zero attached hydrogens (tertiary/aromatic N) is 3. The van der Waals surface area contributed by atoms with Crippen LogP contribution in [0.25, 0.3) is 0 Å². The van der Waals surface area contributed by atoms with E-state index in [-0.39, 0.29) is 5.91 Å². The summed E-state index contributed by atoms with van der Waals surface area (Å²) >= 11 is 0. The molecule has 6 nitrogen and oxygen atoms in total. The van der Waals surface area contributed by atoms with Crippen molar-refractivity contribution in [2.45, 2.75) is 31.8 Å². The van der Waals surface area contributed by atoms with Crippen LogP contribution in [-0.2, 0) is 18.2 Å². The maximum Gasteiger partial charge on any atom is 0.271 e. The van der Waals surface area contributed by atoms with Crippen LogP contribution in [0.15, 0.2) is 6.07 Å². The Labute approximate surface area is 119 Å². The highest BCUT2D eigenvalue weighted by Gasteiger charge is 2.33. The van der Waals surface area contributed by atoms with Crippen LogP contribution in [0.4, 0.5) is 0 Å². The maximum atomic E-state index is 12.4. The van der Waals surface area contributed by atoms with Gasteiger partial charge in [0.25, 0.3) is 5.91 Å².